The maximum atomic E-state index is 13.4. The molecule has 1 aromatic heterocycles. The summed E-state index contributed by atoms with van der Waals surface area (Å²) in [6.45, 7) is 0. The van der Waals surface area contributed by atoms with Crippen LogP contribution in [0.2, 0.25) is 0 Å². The third kappa shape index (κ3) is 9.28. The van der Waals surface area contributed by atoms with Crippen molar-refractivity contribution in [2.45, 2.75) is 76.3 Å². The minimum atomic E-state index is -0.419. The highest BCUT2D eigenvalue weighted by atomic mass is 16.3. The molecule has 9 nitrogen and oxygen atoms in total. The van der Waals surface area contributed by atoms with E-state index in [-0.39, 0.29) is 23.5 Å². The van der Waals surface area contributed by atoms with E-state index < -0.39 is 23.6 Å². The first-order valence-electron chi connectivity index (χ1n) is 15.8. The van der Waals surface area contributed by atoms with Crippen LogP contribution in [0, 0.1) is 0 Å². The van der Waals surface area contributed by atoms with Crippen molar-refractivity contribution in [3.05, 3.63) is 107 Å². The summed E-state index contributed by atoms with van der Waals surface area (Å²) in [6, 6.07) is 20.7. The highest BCUT2D eigenvalue weighted by Crippen LogP contribution is 2.20. The molecule has 3 aromatic rings. The number of carbonyl (C=O) groups is 4. The zero-order valence-electron chi connectivity index (χ0n) is 25.3. The molecule has 234 valence electrons. The summed E-state index contributed by atoms with van der Waals surface area (Å²) in [5, 5.41) is 11.6. The van der Waals surface area contributed by atoms with Crippen LogP contribution in [-0.2, 0) is 9.59 Å². The molecular weight excluding hydrogens is 568 g/mol. The number of nitrogens with one attached hydrogen (secondary N) is 4. The highest BCUT2D eigenvalue weighted by Gasteiger charge is 2.22. The van der Waals surface area contributed by atoms with Gasteiger partial charge in [0.05, 0.1) is 0 Å². The van der Waals surface area contributed by atoms with Crippen molar-refractivity contribution in [3.8, 4) is 0 Å². The Hall–Kier alpha value is -4.92. The Morgan fingerprint density at radius 2 is 0.911 bits per heavy atom. The first-order chi connectivity index (χ1) is 21.9. The lowest BCUT2D eigenvalue weighted by molar-refractivity contribution is -0.119. The molecule has 2 fully saturated rings. The van der Waals surface area contributed by atoms with Crippen molar-refractivity contribution >= 4 is 35.8 Å². The average Bonchev–Trinajstić information content (AvgIpc) is 3.52. The molecule has 2 aromatic carbocycles. The standard InChI is InChI=1S/C36H40N4O5/c41-33(25-13-5-1-6-14-25)39-31(35(43)37-27-17-9-3-10-18-27)23-29-21-22-30(45-29)24-32(36(44)38-28-19-11-4-12-20-28)40-34(42)26-15-7-2-8-16-26/h1-2,5-8,13-16,21-24,27-28H,3-4,9-12,17-20H2,(H,37,43)(H,38,44)(H,39,41)(H,40,42). The maximum absolute atomic E-state index is 13.4. The topological polar surface area (TPSA) is 130 Å². The molecule has 0 atom stereocenters. The van der Waals surface area contributed by atoms with Crippen LogP contribution in [0.4, 0.5) is 0 Å². The Balaban J connectivity index is 1.39. The number of furan rings is 1. The smallest absolute Gasteiger partial charge is 0.268 e. The van der Waals surface area contributed by atoms with Crippen molar-refractivity contribution in [2.75, 3.05) is 0 Å². The van der Waals surface area contributed by atoms with Crippen molar-refractivity contribution < 1.29 is 23.6 Å². The summed E-state index contributed by atoms with van der Waals surface area (Å²) in [5.74, 6) is -1.05. The summed E-state index contributed by atoms with van der Waals surface area (Å²) < 4.78 is 5.98. The predicted octanol–water partition coefficient (Wildman–Crippen LogP) is 5.72. The second kappa shape index (κ2) is 15.7. The van der Waals surface area contributed by atoms with Crippen LogP contribution >= 0.6 is 0 Å². The third-order valence-electron chi connectivity index (χ3n) is 8.16. The zero-order valence-corrected chi connectivity index (χ0v) is 25.3. The van der Waals surface area contributed by atoms with E-state index in [1.807, 2.05) is 12.1 Å². The number of hydrogen-bond donors (Lipinski definition) is 4. The summed E-state index contributed by atoms with van der Waals surface area (Å²) in [6.07, 6.45) is 13.0. The molecule has 0 saturated heterocycles. The van der Waals surface area contributed by atoms with Gasteiger partial charge in [-0.2, -0.15) is 0 Å². The molecule has 2 saturated carbocycles. The molecule has 0 bridgehead atoms. The fourth-order valence-electron chi connectivity index (χ4n) is 5.71. The number of hydrogen-bond acceptors (Lipinski definition) is 5. The summed E-state index contributed by atoms with van der Waals surface area (Å²) in [7, 11) is 0. The van der Waals surface area contributed by atoms with Gasteiger partial charge in [-0.05, 0) is 62.1 Å². The Labute approximate surface area is 263 Å². The Morgan fingerprint density at radius 1 is 0.533 bits per heavy atom. The van der Waals surface area contributed by atoms with Crippen LogP contribution in [0.5, 0.6) is 0 Å². The molecule has 2 aliphatic carbocycles. The number of rotatable bonds is 10. The largest absolute Gasteiger partial charge is 0.457 e. The predicted molar refractivity (Wildman–Crippen MR) is 173 cm³/mol. The minimum Gasteiger partial charge on any atom is -0.457 e. The second-order valence-electron chi connectivity index (χ2n) is 11.6. The molecule has 45 heavy (non-hydrogen) atoms. The van der Waals surface area contributed by atoms with Crippen molar-refractivity contribution in [1.29, 1.82) is 0 Å². The van der Waals surface area contributed by atoms with E-state index in [1.54, 1.807) is 60.7 Å². The van der Waals surface area contributed by atoms with E-state index in [0.29, 0.717) is 22.6 Å². The lowest BCUT2D eigenvalue weighted by Crippen LogP contribution is -2.41. The van der Waals surface area contributed by atoms with E-state index in [1.165, 1.54) is 12.2 Å². The summed E-state index contributed by atoms with van der Waals surface area (Å²) in [5.41, 5.74) is 0.929. The molecule has 0 aliphatic heterocycles. The van der Waals surface area contributed by atoms with Crippen LogP contribution in [0.3, 0.4) is 0 Å². The Morgan fingerprint density at radius 3 is 1.29 bits per heavy atom. The van der Waals surface area contributed by atoms with Gasteiger partial charge in [0, 0.05) is 35.4 Å². The van der Waals surface area contributed by atoms with Gasteiger partial charge in [0.25, 0.3) is 23.6 Å². The second-order valence-corrected chi connectivity index (χ2v) is 11.6. The van der Waals surface area contributed by atoms with Crippen LogP contribution in [0.15, 0.2) is 88.6 Å². The lowest BCUT2D eigenvalue weighted by Gasteiger charge is -2.23. The maximum Gasteiger partial charge on any atom is 0.268 e. The van der Waals surface area contributed by atoms with Crippen LogP contribution in [0.1, 0.15) is 96.4 Å². The van der Waals surface area contributed by atoms with Gasteiger partial charge in [-0.1, -0.05) is 74.9 Å². The molecule has 4 amide bonds. The molecule has 0 spiro atoms. The molecule has 0 radical (unpaired) electrons. The average molecular weight is 609 g/mol. The van der Waals surface area contributed by atoms with Crippen molar-refractivity contribution in [2.24, 2.45) is 0 Å². The van der Waals surface area contributed by atoms with Crippen molar-refractivity contribution in [1.82, 2.24) is 21.3 Å². The van der Waals surface area contributed by atoms with Gasteiger partial charge in [-0.15, -0.1) is 0 Å². The van der Waals surface area contributed by atoms with Gasteiger partial charge in [-0.25, -0.2) is 0 Å². The quantitative estimate of drug-likeness (QED) is 0.219. The normalized spacial score (nSPS) is 16.4. The number of benzene rings is 2. The lowest BCUT2D eigenvalue weighted by atomic mass is 9.95. The van der Waals surface area contributed by atoms with E-state index in [9.17, 15) is 19.2 Å². The molecule has 5 rings (SSSR count). The van der Waals surface area contributed by atoms with Crippen LogP contribution in [0.25, 0.3) is 12.2 Å². The SMILES string of the molecule is O=C(NC1CCCCC1)C(=Cc1ccc(C=C(NC(=O)c2ccccc2)C(=O)NC2CCCCC2)o1)NC(=O)c1ccccc1. The molecule has 2 aliphatic rings. The first-order valence-corrected chi connectivity index (χ1v) is 15.8. The molecular formula is C36H40N4O5. The fourth-order valence-corrected chi connectivity index (χ4v) is 5.71. The summed E-state index contributed by atoms with van der Waals surface area (Å²) >= 11 is 0. The zero-order chi connectivity index (χ0) is 31.4. The van der Waals surface area contributed by atoms with E-state index in [2.05, 4.69) is 21.3 Å². The first kappa shape index (κ1) is 31.5. The molecule has 1 heterocycles. The van der Waals surface area contributed by atoms with E-state index in [0.717, 1.165) is 64.2 Å². The minimum absolute atomic E-state index is 0.0387. The van der Waals surface area contributed by atoms with Gasteiger partial charge in [0.2, 0.25) is 0 Å². The molecule has 9 heteroatoms. The van der Waals surface area contributed by atoms with Gasteiger partial charge in [-0.3, -0.25) is 19.2 Å². The Kier molecular flexibility index (Phi) is 11.0. The van der Waals surface area contributed by atoms with Gasteiger partial charge in [0.15, 0.2) is 0 Å². The summed E-state index contributed by atoms with van der Waals surface area (Å²) in [4.78, 5) is 52.7. The Bertz CT molecular complexity index is 1420. The van der Waals surface area contributed by atoms with E-state index >= 15 is 0 Å². The molecule has 4 N–H and O–H groups in total. The van der Waals surface area contributed by atoms with Gasteiger partial charge >= 0.3 is 0 Å². The third-order valence-corrected chi connectivity index (χ3v) is 8.16. The fraction of sp³-hybridized carbons (Fsp3) is 0.333. The monoisotopic (exact) mass is 608 g/mol. The number of carbonyl (C=O) groups excluding carboxylic acids is 4. The van der Waals surface area contributed by atoms with Crippen molar-refractivity contribution in [3.63, 3.8) is 0 Å². The highest BCUT2D eigenvalue weighted by molar-refractivity contribution is 6.06. The van der Waals surface area contributed by atoms with Gasteiger partial charge < -0.3 is 25.7 Å². The van der Waals surface area contributed by atoms with Crippen LogP contribution in [-0.4, -0.2) is 35.7 Å². The van der Waals surface area contributed by atoms with Crippen LogP contribution < -0.4 is 21.3 Å². The van der Waals surface area contributed by atoms with Gasteiger partial charge in [0.1, 0.15) is 22.9 Å². The molecule has 0 unspecified atom stereocenters. The van der Waals surface area contributed by atoms with E-state index in [4.69, 9.17) is 4.42 Å². The number of amides is 4.